The third kappa shape index (κ3) is 7.30. The van der Waals surface area contributed by atoms with Crippen molar-refractivity contribution in [3.05, 3.63) is 59.7 Å². The van der Waals surface area contributed by atoms with Crippen LogP contribution in [0.1, 0.15) is 11.1 Å². The van der Waals surface area contributed by atoms with Gasteiger partial charge in [-0.3, -0.25) is 4.79 Å². The number of rotatable bonds is 9. The van der Waals surface area contributed by atoms with E-state index in [2.05, 4.69) is 5.32 Å². The average Bonchev–Trinajstić information content (AvgIpc) is 2.60. The highest BCUT2D eigenvalue weighted by molar-refractivity contribution is 8.00. The number of thioether (sulfide) groups is 1. The topological polar surface area (TPSA) is 75.6 Å². The number of amides is 1. The van der Waals surface area contributed by atoms with Gasteiger partial charge in [-0.1, -0.05) is 29.8 Å². The zero-order valence-electron chi connectivity index (χ0n) is 14.0. The van der Waals surface area contributed by atoms with E-state index in [9.17, 15) is 9.59 Å². The molecule has 2 rings (SSSR count). The second kappa shape index (κ2) is 9.74. The Morgan fingerprint density at radius 1 is 1.08 bits per heavy atom. The zero-order chi connectivity index (χ0) is 18.1. The minimum atomic E-state index is -1.00. The number of carboxylic acids is 1. The maximum absolute atomic E-state index is 11.9. The normalized spacial score (nSPS) is 10.3. The first-order valence-electron chi connectivity index (χ1n) is 7.92. The summed E-state index contributed by atoms with van der Waals surface area (Å²) >= 11 is 1.52. The van der Waals surface area contributed by atoms with Gasteiger partial charge < -0.3 is 15.2 Å². The van der Waals surface area contributed by atoms with E-state index in [-0.39, 0.29) is 12.5 Å². The van der Waals surface area contributed by atoms with Crippen LogP contribution in [0, 0.1) is 6.92 Å². The molecular formula is C19H21NO4S. The first-order valence-corrected chi connectivity index (χ1v) is 8.91. The van der Waals surface area contributed by atoms with E-state index in [1.54, 1.807) is 12.1 Å². The molecule has 2 aromatic rings. The van der Waals surface area contributed by atoms with Crippen LogP contribution in [0.15, 0.2) is 53.4 Å². The van der Waals surface area contributed by atoms with Crippen LogP contribution in [-0.4, -0.2) is 35.9 Å². The van der Waals surface area contributed by atoms with Crippen LogP contribution in [0.2, 0.25) is 0 Å². The van der Waals surface area contributed by atoms with Gasteiger partial charge in [-0.2, -0.15) is 0 Å². The molecule has 0 saturated carbocycles. The van der Waals surface area contributed by atoms with Crippen molar-refractivity contribution in [3.8, 4) is 5.75 Å². The minimum Gasteiger partial charge on any atom is -0.482 e. The molecule has 0 heterocycles. The van der Waals surface area contributed by atoms with Crippen molar-refractivity contribution in [3.63, 3.8) is 0 Å². The van der Waals surface area contributed by atoms with E-state index in [0.717, 1.165) is 10.5 Å². The van der Waals surface area contributed by atoms with Gasteiger partial charge in [-0.05, 0) is 43.2 Å². The third-order valence-corrected chi connectivity index (χ3v) is 4.42. The van der Waals surface area contributed by atoms with Crippen molar-refractivity contribution in [2.45, 2.75) is 18.2 Å². The summed E-state index contributed by atoms with van der Waals surface area (Å²) < 4.78 is 5.07. The van der Waals surface area contributed by atoms with Crippen molar-refractivity contribution >= 4 is 23.6 Å². The van der Waals surface area contributed by atoms with Gasteiger partial charge in [0, 0.05) is 11.4 Å². The molecule has 2 N–H and O–H groups in total. The van der Waals surface area contributed by atoms with Crippen LogP contribution >= 0.6 is 11.8 Å². The molecule has 0 aliphatic heterocycles. The van der Waals surface area contributed by atoms with Crippen molar-refractivity contribution in [1.82, 2.24) is 5.32 Å². The lowest BCUT2D eigenvalue weighted by Crippen LogP contribution is -2.27. The second-order valence-electron chi connectivity index (χ2n) is 5.53. The van der Waals surface area contributed by atoms with Crippen LogP contribution in [0.5, 0.6) is 5.75 Å². The van der Waals surface area contributed by atoms with E-state index in [0.29, 0.717) is 24.5 Å². The number of hydrogen-bond acceptors (Lipinski definition) is 4. The van der Waals surface area contributed by atoms with Crippen molar-refractivity contribution in [2.75, 3.05) is 18.9 Å². The highest BCUT2D eigenvalue weighted by atomic mass is 32.2. The van der Waals surface area contributed by atoms with Crippen molar-refractivity contribution in [1.29, 1.82) is 0 Å². The minimum absolute atomic E-state index is 0.00647. The maximum Gasteiger partial charge on any atom is 0.341 e. The predicted octanol–water partition coefficient (Wildman–Crippen LogP) is 2.91. The number of aliphatic carboxylic acids is 1. The summed E-state index contributed by atoms with van der Waals surface area (Å²) in [6, 6.07) is 15.3. The summed E-state index contributed by atoms with van der Waals surface area (Å²) in [6.45, 7) is 2.24. The maximum atomic E-state index is 11.9. The zero-order valence-corrected chi connectivity index (χ0v) is 14.8. The highest BCUT2D eigenvalue weighted by Gasteiger charge is 2.03. The summed E-state index contributed by atoms with van der Waals surface area (Å²) in [5.41, 5.74) is 2.25. The molecule has 0 aromatic heterocycles. The molecule has 0 unspecified atom stereocenters. The number of carboxylic acid groups (broad SMARTS) is 1. The molecule has 25 heavy (non-hydrogen) atoms. The van der Waals surface area contributed by atoms with Crippen LogP contribution in [0.4, 0.5) is 0 Å². The molecule has 1 amide bonds. The third-order valence-electron chi connectivity index (χ3n) is 3.41. The number of nitrogens with one attached hydrogen (secondary N) is 1. The molecule has 0 bridgehead atoms. The number of aryl methyl sites for hydroxylation is 1. The van der Waals surface area contributed by atoms with E-state index in [1.165, 1.54) is 17.3 Å². The van der Waals surface area contributed by atoms with E-state index in [4.69, 9.17) is 9.84 Å². The summed E-state index contributed by atoms with van der Waals surface area (Å²) in [4.78, 5) is 23.4. The van der Waals surface area contributed by atoms with Gasteiger partial charge in [-0.25, -0.2) is 4.79 Å². The number of benzene rings is 2. The first-order chi connectivity index (χ1) is 12.0. The lowest BCUT2D eigenvalue weighted by atomic mass is 10.1. The fourth-order valence-corrected chi connectivity index (χ4v) is 2.81. The van der Waals surface area contributed by atoms with Crippen LogP contribution in [0.3, 0.4) is 0 Å². The average molecular weight is 359 g/mol. The highest BCUT2D eigenvalue weighted by Crippen LogP contribution is 2.17. The number of ether oxygens (including phenoxy) is 1. The smallest absolute Gasteiger partial charge is 0.341 e. The van der Waals surface area contributed by atoms with Gasteiger partial charge in [0.1, 0.15) is 5.75 Å². The first kappa shape index (κ1) is 18.9. The molecule has 0 fully saturated rings. The quantitative estimate of drug-likeness (QED) is 0.673. The molecule has 2 aromatic carbocycles. The Morgan fingerprint density at radius 3 is 2.40 bits per heavy atom. The lowest BCUT2D eigenvalue weighted by Gasteiger charge is -2.07. The number of carbonyl (C=O) groups is 2. The van der Waals surface area contributed by atoms with Crippen LogP contribution in [0.25, 0.3) is 0 Å². The largest absolute Gasteiger partial charge is 0.482 e. The molecule has 5 nitrogen and oxygen atoms in total. The summed E-state index contributed by atoms with van der Waals surface area (Å²) in [5.74, 6) is -0.0858. The van der Waals surface area contributed by atoms with Gasteiger partial charge in [0.2, 0.25) is 5.91 Å². The van der Waals surface area contributed by atoms with Crippen molar-refractivity contribution in [2.24, 2.45) is 0 Å². The Hall–Kier alpha value is -2.47. The van der Waals surface area contributed by atoms with E-state index >= 15 is 0 Å². The molecule has 0 spiro atoms. The molecule has 0 aliphatic carbocycles. The van der Waals surface area contributed by atoms with E-state index in [1.807, 2.05) is 43.3 Å². The Morgan fingerprint density at radius 2 is 1.76 bits per heavy atom. The fourth-order valence-electron chi connectivity index (χ4n) is 2.08. The Balaban J connectivity index is 1.66. The number of carbonyl (C=O) groups excluding carboxylic acids is 1. The molecular weight excluding hydrogens is 338 g/mol. The summed E-state index contributed by atoms with van der Waals surface area (Å²) in [7, 11) is 0. The monoisotopic (exact) mass is 359 g/mol. The fraction of sp³-hybridized carbons (Fsp3) is 0.263. The van der Waals surface area contributed by atoms with Crippen LogP contribution in [-0.2, 0) is 16.0 Å². The van der Waals surface area contributed by atoms with E-state index < -0.39 is 5.97 Å². The molecule has 0 saturated heterocycles. The SMILES string of the molecule is Cc1ccc(SCC(=O)NCCc2ccc(OCC(=O)O)cc2)cc1. The molecule has 132 valence electrons. The molecule has 0 atom stereocenters. The van der Waals surface area contributed by atoms with Crippen molar-refractivity contribution < 1.29 is 19.4 Å². The summed E-state index contributed by atoms with van der Waals surface area (Å²) in [5, 5.41) is 11.5. The number of hydrogen-bond donors (Lipinski definition) is 2. The molecule has 0 aliphatic rings. The van der Waals surface area contributed by atoms with Gasteiger partial charge >= 0.3 is 5.97 Å². The lowest BCUT2D eigenvalue weighted by molar-refractivity contribution is -0.139. The predicted molar refractivity (Wildman–Crippen MR) is 98.2 cm³/mol. The Labute approximate surface area is 151 Å². The van der Waals surface area contributed by atoms with Gasteiger partial charge in [0.05, 0.1) is 5.75 Å². The van der Waals surface area contributed by atoms with Gasteiger partial charge in [0.25, 0.3) is 0 Å². The van der Waals surface area contributed by atoms with Crippen LogP contribution < -0.4 is 10.1 Å². The van der Waals surface area contributed by atoms with Gasteiger partial charge in [0.15, 0.2) is 6.61 Å². The summed E-state index contributed by atoms with van der Waals surface area (Å²) in [6.07, 6.45) is 0.708. The molecule has 6 heteroatoms. The Kier molecular flexibility index (Phi) is 7.35. The standard InChI is InChI=1S/C19H21NO4S/c1-14-2-8-17(9-3-14)25-13-18(21)20-11-10-15-4-6-16(7-5-15)24-12-19(22)23/h2-9H,10-13H2,1H3,(H,20,21)(H,22,23). The Bertz CT molecular complexity index is 698. The van der Waals surface area contributed by atoms with Gasteiger partial charge in [-0.15, -0.1) is 11.8 Å². The second-order valence-corrected chi connectivity index (χ2v) is 6.58. The molecule has 0 radical (unpaired) electrons.